The van der Waals surface area contributed by atoms with E-state index in [9.17, 15) is 9.59 Å². The second-order valence-electron chi connectivity index (χ2n) is 5.69. The van der Waals surface area contributed by atoms with Crippen LogP contribution < -0.4 is 0 Å². The number of rotatable bonds is 2. The van der Waals surface area contributed by atoms with Gasteiger partial charge in [0, 0.05) is 12.8 Å². The van der Waals surface area contributed by atoms with Gasteiger partial charge in [0.05, 0.1) is 14.1 Å². The number of amides is 3. The normalized spacial score (nSPS) is 21.0. The lowest BCUT2D eigenvalue weighted by Crippen LogP contribution is -2.59. The van der Waals surface area contributed by atoms with E-state index < -0.39 is 6.04 Å². The Labute approximate surface area is 139 Å². The Morgan fingerprint density at radius 1 is 1.22 bits per heavy atom. The van der Waals surface area contributed by atoms with Crippen LogP contribution in [0.1, 0.15) is 11.1 Å². The van der Waals surface area contributed by atoms with Gasteiger partial charge in [0.2, 0.25) is 0 Å². The number of amidine groups is 2. The highest BCUT2D eigenvalue weighted by Crippen LogP contribution is 2.24. The van der Waals surface area contributed by atoms with E-state index in [0.717, 1.165) is 15.8 Å². The zero-order chi connectivity index (χ0) is 16.7. The third kappa shape index (κ3) is 2.55. The molecule has 7 heteroatoms. The number of hydrogen-bond acceptors (Lipinski definition) is 4. The summed E-state index contributed by atoms with van der Waals surface area (Å²) in [7, 11) is 5.02. The molecule has 1 unspecified atom stereocenters. The summed E-state index contributed by atoms with van der Waals surface area (Å²) < 4.78 is 1.84. The maximum Gasteiger partial charge on any atom is 0.388 e. The van der Waals surface area contributed by atoms with Gasteiger partial charge in [-0.3, -0.25) is 9.69 Å². The highest BCUT2D eigenvalue weighted by molar-refractivity contribution is 8.12. The van der Waals surface area contributed by atoms with Gasteiger partial charge in [0.1, 0.15) is 0 Å². The number of benzene rings is 1. The van der Waals surface area contributed by atoms with Gasteiger partial charge in [-0.25, -0.2) is 14.3 Å². The summed E-state index contributed by atoms with van der Waals surface area (Å²) in [5.41, 5.74) is 2.47. The molecule has 2 heterocycles. The number of fused-ring (bicyclic) bond motifs is 1. The smallest absolute Gasteiger partial charge is 0.269 e. The van der Waals surface area contributed by atoms with Crippen LogP contribution in [0, 0.1) is 6.92 Å². The fourth-order valence-electron chi connectivity index (χ4n) is 2.76. The van der Waals surface area contributed by atoms with Crippen molar-refractivity contribution in [2.24, 2.45) is 4.99 Å². The Kier molecular flexibility index (Phi) is 3.97. The molecule has 2 aliphatic heterocycles. The van der Waals surface area contributed by atoms with Crippen LogP contribution in [-0.4, -0.2) is 64.5 Å². The van der Waals surface area contributed by atoms with Crippen molar-refractivity contribution in [3.05, 3.63) is 35.4 Å². The topological polar surface area (TPSA) is 56.0 Å². The Morgan fingerprint density at radius 3 is 2.61 bits per heavy atom. The molecule has 0 spiro atoms. The summed E-state index contributed by atoms with van der Waals surface area (Å²) in [5, 5.41) is 0.761. The number of aliphatic imine (C=N–C) groups is 1. The minimum atomic E-state index is -0.618. The third-order valence-corrected chi connectivity index (χ3v) is 5.31. The van der Waals surface area contributed by atoms with E-state index in [2.05, 4.69) is 24.0 Å². The van der Waals surface area contributed by atoms with Crippen molar-refractivity contribution >= 4 is 34.7 Å². The Balaban J connectivity index is 1.85. The molecule has 1 aromatic rings. The first-order valence-electron chi connectivity index (χ1n) is 7.32. The first-order valence-corrected chi connectivity index (χ1v) is 8.31. The van der Waals surface area contributed by atoms with Crippen molar-refractivity contribution in [2.45, 2.75) is 18.7 Å². The monoisotopic (exact) mass is 331 g/mol. The average Bonchev–Trinajstić information content (AvgIpc) is 2.87. The zero-order valence-corrected chi connectivity index (χ0v) is 14.4. The Morgan fingerprint density at radius 2 is 1.91 bits per heavy atom. The van der Waals surface area contributed by atoms with Crippen LogP contribution in [0.5, 0.6) is 0 Å². The fourth-order valence-corrected chi connectivity index (χ4v) is 3.84. The van der Waals surface area contributed by atoms with E-state index in [1.54, 1.807) is 18.8 Å². The molecule has 0 bridgehead atoms. The van der Waals surface area contributed by atoms with Gasteiger partial charge in [-0.1, -0.05) is 24.3 Å². The fraction of sp³-hybridized carbons (Fsp3) is 0.375. The van der Waals surface area contributed by atoms with E-state index in [4.69, 9.17) is 0 Å². The summed E-state index contributed by atoms with van der Waals surface area (Å²) in [6.45, 7) is 2.08. The van der Waals surface area contributed by atoms with Crippen molar-refractivity contribution in [1.29, 1.82) is 0 Å². The van der Waals surface area contributed by atoms with Crippen LogP contribution >= 0.6 is 11.8 Å². The number of hydrogen-bond donors (Lipinski definition) is 0. The van der Waals surface area contributed by atoms with Gasteiger partial charge in [-0.2, -0.15) is 0 Å². The quantitative estimate of drug-likeness (QED) is 0.772. The van der Waals surface area contributed by atoms with Crippen LogP contribution in [0.15, 0.2) is 29.3 Å². The van der Waals surface area contributed by atoms with Gasteiger partial charge < -0.3 is 0 Å². The number of carbonyl (C=O) groups excluding carboxylic acids is 2. The number of nitrogens with zero attached hydrogens (tertiary/aromatic N) is 4. The number of likely N-dealkylation sites (N-methyl/N-ethyl adjacent to an activating group) is 2. The number of urea groups is 1. The van der Waals surface area contributed by atoms with Crippen molar-refractivity contribution in [3.63, 3.8) is 0 Å². The summed E-state index contributed by atoms with van der Waals surface area (Å²) in [6.07, 6.45) is 0. The molecular weight excluding hydrogens is 312 g/mol. The number of carbonyl (C=O) groups is 2. The van der Waals surface area contributed by atoms with Crippen molar-refractivity contribution in [3.8, 4) is 0 Å². The van der Waals surface area contributed by atoms with Gasteiger partial charge in [0.15, 0.2) is 0 Å². The molecule has 1 aromatic carbocycles. The zero-order valence-electron chi connectivity index (χ0n) is 13.6. The van der Waals surface area contributed by atoms with Crippen LogP contribution in [0.3, 0.4) is 0 Å². The molecule has 0 N–H and O–H groups in total. The molecular formula is C16H19N4O2S+. The first-order chi connectivity index (χ1) is 10.9. The van der Waals surface area contributed by atoms with E-state index in [0.29, 0.717) is 5.84 Å². The molecule has 23 heavy (non-hydrogen) atoms. The molecule has 2 aliphatic rings. The predicted octanol–water partition coefficient (Wildman–Crippen LogP) is 1.53. The van der Waals surface area contributed by atoms with E-state index in [1.807, 2.05) is 23.8 Å². The summed E-state index contributed by atoms with van der Waals surface area (Å²) in [5.74, 6) is 1.13. The minimum Gasteiger partial charge on any atom is -0.269 e. The van der Waals surface area contributed by atoms with Crippen LogP contribution in [-0.2, 0) is 10.5 Å². The Bertz CT molecular complexity index is 756. The lowest BCUT2D eigenvalue weighted by Gasteiger charge is -2.27. The lowest BCUT2D eigenvalue weighted by atomic mass is 10.1. The molecule has 1 saturated heterocycles. The maximum absolute atomic E-state index is 12.3. The van der Waals surface area contributed by atoms with Gasteiger partial charge >= 0.3 is 6.03 Å². The summed E-state index contributed by atoms with van der Waals surface area (Å²) in [4.78, 5) is 31.5. The van der Waals surface area contributed by atoms with Crippen LogP contribution in [0.4, 0.5) is 4.79 Å². The van der Waals surface area contributed by atoms with E-state index in [-0.39, 0.29) is 11.9 Å². The molecule has 3 rings (SSSR count). The summed E-state index contributed by atoms with van der Waals surface area (Å²) in [6, 6.07) is 7.26. The van der Waals surface area contributed by atoms with Gasteiger partial charge in [-0.15, -0.1) is 4.99 Å². The predicted molar refractivity (Wildman–Crippen MR) is 90.8 cm³/mol. The van der Waals surface area contributed by atoms with Crippen LogP contribution in [0.25, 0.3) is 0 Å². The van der Waals surface area contributed by atoms with Crippen molar-refractivity contribution < 1.29 is 14.2 Å². The average molecular weight is 331 g/mol. The maximum atomic E-state index is 12.3. The number of imide groups is 1. The molecule has 1 fully saturated rings. The molecule has 6 nitrogen and oxygen atoms in total. The highest BCUT2D eigenvalue weighted by Gasteiger charge is 2.51. The lowest BCUT2D eigenvalue weighted by molar-refractivity contribution is -0.367. The van der Waals surface area contributed by atoms with Crippen LogP contribution in [0.2, 0.25) is 0 Å². The van der Waals surface area contributed by atoms with E-state index >= 15 is 0 Å². The molecule has 3 amide bonds. The molecule has 0 aromatic heterocycles. The van der Waals surface area contributed by atoms with Crippen molar-refractivity contribution in [2.75, 3.05) is 21.1 Å². The SMILES string of the molecule is Cc1ccccc1CSC1=NC2C(=O)N(C)C(=O)N(C)C2=[N+]1C. The molecule has 120 valence electrons. The highest BCUT2D eigenvalue weighted by atomic mass is 32.2. The largest absolute Gasteiger partial charge is 0.388 e. The standard InChI is InChI=1S/C16H19N4O2S/c1-10-7-5-6-8-11(10)9-23-15-17-12-13(18(15)2)19(3)16(22)20(4)14(12)21/h5-8,12H,9H2,1-4H3/q+1. The number of thioether (sulfide) groups is 1. The Hall–Kier alpha value is -2.15. The molecule has 0 radical (unpaired) electrons. The van der Waals surface area contributed by atoms with Gasteiger partial charge in [-0.05, 0) is 29.8 Å². The first kappa shape index (κ1) is 15.7. The van der Waals surface area contributed by atoms with Gasteiger partial charge in [0.25, 0.3) is 23.0 Å². The number of aryl methyl sites for hydroxylation is 1. The summed E-state index contributed by atoms with van der Waals surface area (Å²) >= 11 is 1.58. The second-order valence-corrected chi connectivity index (χ2v) is 6.63. The minimum absolute atomic E-state index is 0.276. The molecule has 0 aliphatic carbocycles. The third-order valence-electron chi connectivity index (χ3n) is 4.21. The van der Waals surface area contributed by atoms with E-state index in [1.165, 1.54) is 23.1 Å². The molecule has 1 atom stereocenters. The second kappa shape index (κ2) is 5.81. The van der Waals surface area contributed by atoms with Crippen molar-refractivity contribution in [1.82, 2.24) is 9.80 Å². The molecule has 0 saturated carbocycles.